The topological polar surface area (TPSA) is 29.9 Å². The Morgan fingerprint density at radius 1 is 1.25 bits per heavy atom. The summed E-state index contributed by atoms with van der Waals surface area (Å²) >= 11 is 6.15. The number of hydrogen-bond acceptors (Lipinski definition) is 2. The first-order chi connectivity index (χ1) is 9.47. The molecule has 0 atom stereocenters. The summed E-state index contributed by atoms with van der Waals surface area (Å²) in [4.78, 5) is 0. The third kappa shape index (κ3) is 3.62. The number of nitrogens with zero attached hydrogens (tertiary/aromatic N) is 2. The highest BCUT2D eigenvalue weighted by molar-refractivity contribution is 6.30. The summed E-state index contributed by atoms with van der Waals surface area (Å²) in [6.45, 7) is 10.3. The van der Waals surface area contributed by atoms with E-state index < -0.39 is 0 Å². The highest BCUT2D eigenvalue weighted by Gasteiger charge is 2.10. The van der Waals surface area contributed by atoms with Crippen LogP contribution in [0.5, 0.6) is 0 Å². The number of rotatable bonds is 5. The van der Waals surface area contributed by atoms with Crippen molar-refractivity contribution in [3.8, 4) is 5.69 Å². The van der Waals surface area contributed by atoms with Crippen molar-refractivity contribution in [1.82, 2.24) is 15.1 Å². The Balaban J connectivity index is 2.31. The largest absolute Gasteiger partial charge is 0.312 e. The van der Waals surface area contributed by atoms with Crippen LogP contribution in [0.1, 0.15) is 30.8 Å². The minimum absolute atomic E-state index is 0.638. The van der Waals surface area contributed by atoms with Gasteiger partial charge in [0.25, 0.3) is 0 Å². The van der Waals surface area contributed by atoms with Crippen LogP contribution in [0.2, 0.25) is 5.02 Å². The lowest BCUT2D eigenvalue weighted by atomic mass is 10.1. The molecule has 0 amide bonds. The van der Waals surface area contributed by atoms with E-state index in [9.17, 15) is 0 Å². The maximum Gasteiger partial charge on any atom is 0.0708 e. The number of aryl methyl sites for hydroxylation is 2. The van der Waals surface area contributed by atoms with Crippen molar-refractivity contribution in [2.45, 2.75) is 34.2 Å². The van der Waals surface area contributed by atoms with Crippen molar-refractivity contribution in [2.75, 3.05) is 6.54 Å². The highest BCUT2D eigenvalue weighted by Crippen LogP contribution is 2.21. The molecule has 2 rings (SSSR count). The Labute approximate surface area is 126 Å². The van der Waals surface area contributed by atoms with Gasteiger partial charge in [0, 0.05) is 17.3 Å². The standard InChI is InChI=1S/C16H22ClN3/c1-11(2)9-18-10-14-5-6-15(17)8-16(14)20-13(4)7-12(3)19-20/h5-8,11,18H,9-10H2,1-4H3. The van der Waals surface area contributed by atoms with E-state index in [0.29, 0.717) is 5.92 Å². The van der Waals surface area contributed by atoms with Gasteiger partial charge in [-0.1, -0.05) is 31.5 Å². The smallest absolute Gasteiger partial charge is 0.0708 e. The van der Waals surface area contributed by atoms with Crippen LogP contribution < -0.4 is 5.32 Å². The van der Waals surface area contributed by atoms with Crippen LogP contribution in [0.25, 0.3) is 5.69 Å². The summed E-state index contributed by atoms with van der Waals surface area (Å²) in [6.07, 6.45) is 0. The molecule has 0 unspecified atom stereocenters. The molecular weight excluding hydrogens is 270 g/mol. The first-order valence-corrected chi connectivity index (χ1v) is 7.38. The fourth-order valence-electron chi connectivity index (χ4n) is 2.25. The number of hydrogen-bond donors (Lipinski definition) is 1. The molecule has 3 nitrogen and oxygen atoms in total. The molecule has 0 radical (unpaired) electrons. The van der Waals surface area contributed by atoms with E-state index in [4.69, 9.17) is 11.6 Å². The van der Waals surface area contributed by atoms with Crippen molar-refractivity contribution in [1.29, 1.82) is 0 Å². The number of benzene rings is 1. The molecule has 2 aromatic rings. The van der Waals surface area contributed by atoms with Crippen molar-refractivity contribution in [2.24, 2.45) is 5.92 Å². The molecule has 20 heavy (non-hydrogen) atoms. The molecule has 1 heterocycles. The van der Waals surface area contributed by atoms with Gasteiger partial charge in [-0.05, 0) is 50.1 Å². The predicted octanol–water partition coefficient (Wildman–Crippen LogP) is 3.89. The molecule has 0 aliphatic rings. The Morgan fingerprint density at radius 2 is 2.00 bits per heavy atom. The lowest BCUT2D eigenvalue weighted by Gasteiger charge is -2.13. The number of aromatic nitrogens is 2. The van der Waals surface area contributed by atoms with Gasteiger partial charge in [0.2, 0.25) is 0 Å². The van der Waals surface area contributed by atoms with E-state index in [-0.39, 0.29) is 0 Å². The average molecular weight is 292 g/mol. The summed E-state index contributed by atoms with van der Waals surface area (Å²) < 4.78 is 1.97. The second-order valence-corrected chi connectivity index (χ2v) is 6.07. The average Bonchev–Trinajstić information content (AvgIpc) is 2.70. The third-order valence-corrected chi connectivity index (χ3v) is 3.39. The van der Waals surface area contributed by atoms with E-state index in [1.807, 2.05) is 23.7 Å². The molecule has 1 N–H and O–H groups in total. The summed E-state index contributed by atoms with van der Waals surface area (Å²) in [5, 5.41) is 8.76. The van der Waals surface area contributed by atoms with Gasteiger partial charge in [-0.15, -0.1) is 0 Å². The molecule has 0 spiro atoms. The first kappa shape index (κ1) is 15.1. The van der Waals surface area contributed by atoms with Crippen LogP contribution in [0, 0.1) is 19.8 Å². The molecule has 0 aliphatic carbocycles. The first-order valence-electron chi connectivity index (χ1n) is 7.00. The van der Waals surface area contributed by atoms with Gasteiger partial charge in [0.1, 0.15) is 0 Å². The van der Waals surface area contributed by atoms with Gasteiger partial charge in [0.05, 0.1) is 11.4 Å². The van der Waals surface area contributed by atoms with Gasteiger partial charge in [0.15, 0.2) is 0 Å². The van der Waals surface area contributed by atoms with Gasteiger partial charge in [-0.25, -0.2) is 4.68 Å². The summed E-state index contributed by atoms with van der Waals surface area (Å²) in [6, 6.07) is 8.06. The molecule has 1 aromatic heterocycles. The molecule has 0 fully saturated rings. The van der Waals surface area contributed by atoms with Crippen molar-refractivity contribution in [3.05, 3.63) is 46.2 Å². The SMILES string of the molecule is Cc1cc(C)n(-c2cc(Cl)ccc2CNCC(C)C)n1. The summed E-state index contributed by atoms with van der Waals surface area (Å²) in [7, 11) is 0. The van der Waals surface area contributed by atoms with Crippen molar-refractivity contribution < 1.29 is 0 Å². The lowest BCUT2D eigenvalue weighted by molar-refractivity contribution is 0.551. The molecule has 0 bridgehead atoms. The molecule has 0 saturated carbocycles. The van der Waals surface area contributed by atoms with Crippen LogP contribution >= 0.6 is 11.6 Å². The maximum atomic E-state index is 6.15. The Bertz CT molecular complexity index is 587. The van der Waals surface area contributed by atoms with E-state index in [1.54, 1.807) is 0 Å². The lowest BCUT2D eigenvalue weighted by Crippen LogP contribution is -2.20. The molecule has 108 valence electrons. The van der Waals surface area contributed by atoms with Crippen LogP contribution in [0.3, 0.4) is 0 Å². The van der Waals surface area contributed by atoms with Crippen LogP contribution in [0.4, 0.5) is 0 Å². The zero-order chi connectivity index (χ0) is 14.7. The van der Waals surface area contributed by atoms with Gasteiger partial charge >= 0.3 is 0 Å². The molecule has 0 aliphatic heterocycles. The molecule has 1 aromatic carbocycles. The minimum atomic E-state index is 0.638. The maximum absolute atomic E-state index is 6.15. The molecule has 0 saturated heterocycles. The van der Waals surface area contributed by atoms with Crippen LogP contribution in [0.15, 0.2) is 24.3 Å². The summed E-state index contributed by atoms with van der Waals surface area (Å²) in [5.41, 5.74) is 4.40. The van der Waals surface area contributed by atoms with Crippen molar-refractivity contribution in [3.63, 3.8) is 0 Å². The molecule has 4 heteroatoms. The van der Waals surface area contributed by atoms with E-state index in [2.05, 4.69) is 43.3 Å². The van der Waals surface area contributed by atoms with Gasteiger partial charge < -0.3 is 5.32 Å². The zero-order valence-electron chi connectivity index (χ0n) is 12.6. The third-order valence-electron chi connectivity index (χ3n) is 3.15. The van der Waals surface area contributed by atoms with Gasteiger partial charge in [-0.3, -0.25) is 0 Å². The number of nitrogens with one attached hydrogen (secondary N) is 1. The minimum Gasteiger partial charge on any atom is -0.312 e. The van der Waals surface area contributed by atoms with Gasteiger partial charge in [-0.2, -0.15) is 5.10 Å². The summed E-state index contributed by atoms with van der Waals surface area (Å²) in [5.74, 6) is 0.638. The van der Waals surface area contributed by atoms with E-state index >= 15 is 0 Å². The normalized spacial score (nSPS) is 11.3. The van der Waals surface area contributed by atoms with E-state index in [1.165, 1.54) is 5.56 Å². The monoisotopic (exact) mass is 291 g/mol. The Kier molecular flexibility index (Phi) is 4.84. The van der Waals surface area contributed by atoms with Crippen molar-refractivity contribution >= 4 is 11.6 Å². The quantitative estimate of drug-likeness (QED) is 0.906. The Hall–Kier alpha value is -1.32. The second kappa shape index (κ2) is 6.42. The second-order valence-electron chi connectivity index (χ2n) is 5.64. The molecular formula is C16H22ClN3. The fourth-order valence-corrected chi connectivity index (χ4v) is 2.42. The fraction of sp³-hybridized carbons (Fsp3) is 0.438. The number of halogens is 1. The van der Waals surface area contributed by atoms with E-state index in [0.717, 1.165) is 35.2 Å². The Morgan fingerprint density at radius 3 is 2.60 bits per heavy atom. The highest BCUT2D eigenvalue weighted by atomic mass is 35.5. The van der Waals surface area contributed by atoms with Crippen LogP contribution in [-0.2, 0) is 6.54 Å². The predicted molar refractivity (Wildman–Crippen MR) is 84.6 cm³/mol. The van der Waals surface area contributed by atoms with Crippen LogP contribution in [-0.4, -0.2) is 16.3 Å². The zero-order valence-corrected chi connectivity index (χ0v) is 13.3.